The predicted octanol–water partition coefficient (Wildman–Crippen LogP) is 0.653. The molecule has 3 N–H and O–H groups in total. The lowest BCUT2D eigenvalue weighted by molar-refractivity contribution is -0.153. The average Bonchev–Trinajstić information content (AvgIpc) is 2.76. The van der Waals surface area contributed by atoms with Crippen LogP contribution in [0.4, 0.5) is 0 Å². The molecule has 2 atom stereocenters. The summed E-state index contributed by atoms with van der Waals surface area (Å²) >= 11 is 0. The van der Waals surface area contributed by atoms with E-state index in [0.29, 0.717) is 6.54 Å². The van der Waals surface area contributed by atoms with Gasteiger partial charge in [0.05, 0.1) is 18.1 Å². The summed E-state index contributed by atoms with van der Waals surface area (Å²) in [6, 6.07) is 0. The monoisotopic (exact) mass is 255 g/mol. The van der Waals surface area contributed by atoms with Crippen molar-refractivity contribution in [3.63, 3.8) is 0 Å². The summed E-state index contributed by atoms with van der Waals surface area (Å²) in [5.74, 6) is -0.986. The van der Waals surface area contributed by atoms with Gasteiger partial charge in [0.2, 0.25) is 0 Å². The molecule has 102 valence electrons. The van der Waals surface area contributed by atoms with Gasteiger partial charge in [0.15, 0.2) is 6.10 Å². The minimum atomic E-state index is -0.986. The van der Waals surface area contributed by atoms with Gasteiger partial charge in [-0.25, -0.2) is 9.78 Å². The number of aryl methyl sites for hydroxylation is 1. The van der Waals surface area contributed by atoms with Crippen LogP contribution in [0.3, 0.4) is 0 Å². The van der Waals surface area contributed by atoms with Crippen LogP contribution in [0.25, 0.3) is 0 Å². The maximum atomic E-state index is 11.1. The fourth-order valence-electron chi connectivity index (χ4n) is 1.61. The van der Waals surface area contributed by atoms with Gasteiger partial charge in [-0.1, -0.05) is 6.92 Å². The maximum Gasteiger partial charge on any atom is 0.333 e. The van der Waals surface area contributed by atoms with E-state index in [1.807, 2.05) is 10.8 Å². The first-order chi connectivity index (χ1) is 8.56. The molecule has 0 amide bonds. The van der Waals surface area contributed by atoms with E-state index in [2.05, 4.69) is 11.9 Å². The normalized spacial score (nSPS) is 14.4. The Morgan fingerprint density at radius 1 is 1.67 bits per heavy atom. The third-order valence-corrected chi connectivity index (χ3v) is 2.57. The van der Waals surface area contributed by atoms with Crippen molar-refractivity contribution in [2.24, 2.45) is 5.73 Å². The Labute approximate surface area is 107 Å². The molecule has 0 saturated heterocycles. The Hall–Kier alpha value is -1.40. The van der Waals surface area contributed by atoms with Crippen LogP contribution in [-0.2, 0) is 22.5 Å². The summed E-state index contributed by atoms with van der Waals surface area (Å²) in [4.78, 5) is 15.3. The van der Waals surface area contributed by atoms with Crippen molar-refractivity contribution in [1.82, 2.24) is 9.55 Å². The fourth-order valence-corrected chi connectivity index (χ4v) is 1.61. The molecular formula is C12H21N3O3. The smallest absolute Gasteiger partial charge is 0.333 e. The summed E-state index contributed by atoms with van der Waals surface area (Å²) in [6.45, 7) is 5.01. The van der Waals surface area contributed by atoms with Crippen LogP contribution in [-0.4, -0.2) is 39.4 Å². The van der Waals surface area contributed by atoms with Gasteiger partial charge >= 0.3 is 5.97 Å². The Balaban J connectivity index is 2.61. The van der Waals surface area contributed by atoms with Gasteiger partial charge in [0.25, 0.3) is 0 Å². The Bertz CT molecular complexity index is 378. The van der Waals surface area contributed by atoms with E-state index in [-0.39, 0.29) is 12.5 Å². The highest BCUT2D eigenvalue weighted by molar-refractivity contribution is 5.72. The summed E-state index contributed by atoms with van der Waals surface area (Å²) in [7, 11) is 0. The van der Waals surface area contributed by atoms with E-state index in [9.17, 15) is 4.79 Å². The minimum Gasteiger partial charge on any atom is -0.479 e. The number of hydrogen-bond donors (Lipinski definition) is 2. The molecule has 1 aromatic heterocycles. The van der Waals surface area contributed by atoms with Crippen molar-refractivity contribution in [2.45, 2.75) is 45.4 Å². The Morgan fingerprint density at radius 2 is 2.39 bits per heavy atom. The molecule has 1 rings (SSSR count). The number of aromatic nitrogens is 2. The SMILES string of the molecule is CCCn1cnc(CC(OC(C)CN)C(=O)O)c1. The van der Waals surface area contributed by atoms with E-state index in [1.165, 1.54) is 0 Å². The second-order valence-corrected chi connectivity index (χ2v) is 4.32. The van der Waals surface area contributed by atoms with Crippen LogP contribution >= 0.6 is 0 Å². The predicted molar refractivity (Wildman–Crippen MR) is 67.2 cm³/mol. The lowest BCUT2D eigenvalue weighted by atomic mass is 10.2. The molecule has 1 heterocycles. The number of imidazole rings is 1. The maximum absolute atomic E-state index is 11.1. The summed E-state index contributed by atoms with van der Waals surface area (Å²) < 4.78 is 7.31. The van der Waals surface area contributed by atoms with Crippen LogP contribution in [0.15, 0.2) is 12.5 Å². The highest BCUT2D eigenvalue weighted by atomic mass is 16.5. The standard InChI is InChI=1S/C12H21N3O3/c1-3-4-15-7-10(14-8-15)5-11(12(16)17)18-9(2)6-13/h7-9,11H,3-6,13H2,1-2H3,(H,16,17). The number of nitrogens with two attached hydrogens (primary N) is 1. The van der Waals surface area contributed by atoms with Crippen molar-refractivity contribution < 1.29 is 14.6 Å². The van der Waals surface area contributed by atoms with Crippen LogP contribution in [0.1, 0.15) is 26.0 Å². The molecule has 0 aliphatic heterocycles. The number of carboxylic acid groups (broad SMARTS) is 1. The zero-order valence-corrected chi connectivity index (χ0v) is 10.9. The van der Waals surface area contributed by atoms with Crippen LogP contribution in [0.5, 0.6) is 0 Å². The lowest BCUT2D eigenvalue weighted by Crippen LogP contribution is -2.33. The van der Waals surface area contributed by atoms with Gasteiger partial charge in [0, 0.05) is 25.7 Å². The molecule has 18 heavy (non-hydrogen) atoms. The molecule has 0 fully saturated rings. The zero-order valence-electron chi connectivity index (χ0n) is 10.9. The van der Waals surface area contributed by atoms with Crippen molar-refractivity contribution >= 4 is 5.97 Å². The number of carboxylic acids is 1. The molecule has 0 saturated carbocycles. The fraction of sp³-hybridized carbons (Fsp3) is 0.667. The first-order valence-corrected chi connectivity index (χ1v) is 6.15. The first kappa shape index (κ1) is 14.7. The van der Waals surface area contributed by atoms with Gasteiger partial charge in [-0.15, -0.1) is 0 Å². The summed E-state index contributed by atoms with van der Waals surface area (Å²) in [5, 5.41) is 9.09. The van der Waals surface area contributed by atoms with E-state index in [0.717, 1.165) is 18.7 Å². The molecule has 1 aromatic rings. The van der Waals surface area contributed by atoms with Crippen molar-refractivity contribution in [3.05, 3.63) is 18.2 Å². The lowest BCUT2D eigenvalue weighted by Gasteiger charge is -2.17. The molecule has 2 unspecified atom stereocenters. The highest BCUT2D eigenvalue weighted by Crippen LogP contribution is 2.07. The van der Waals surface area contributed by atoms with E-state index < -0.39 is 12.1 Å². The number of carbonyl (C=O) groups is 1. The average molecular weight is 255 g/mol. The van der Waals surface area contributed by atoms with Crippen molar-refractivity contribution in [2.75, 3.05) is 6.54 Å². The minimum absolute atomic E-state index is 0.260. The molecule has 0 radical (unpaired) electrons. The van der Waals surface area contributed by atoms with Gasteiger partial charge in [0.1, 0.15) is 0 Å². The van der Waals surface area contributed by atoms with Crippen LogP contribution < -0.4 is 5.73 Å². The van der Waals surface area contributed by atoms with Crippen LogP contribution in [0, 0.1) is 0 Å². The zero-order chi connectivity index (χ0) is 13.5. The highest BCUT2D eigenvalue weighted by Gasteiger charge is 2.22. The molecule has 0 aromatic carbocycles. The Morgan fingerprint density at radius 3 is 2.94 bits per heavy atom. The molecule has 6 nitrogen and oxygen atoms in total. The van der Waals surface area contributed by atoms with Gasteiger partial charge in [-0.05, 0) is 13.3 Å². The molecule has 0 aliphatic rings. The number of aliphatic carboxylic acids is 1. The molecule has 6 heteroatoms. The molecule has 0 aliphatic carbocycles. The second-order valence-electron chi connectivity index (χ2n) is 4.32. The van der Waals surface area contributed by atoms with Crippen LogP contribution in [0.2, 0.25) is 0 Å². The summed E-state index contributed by atoms with van der Waals surface area (Å²) in [5.41, 5.74) is 6.14. The number of hydrogen-bond acceptors (Lipinski definition) is 4. The van der Waals surface area contributed by atoms with E-state index >= 15 is 0 Å². The van der Waals surface area contributed by atoms with E-state index in [1.54, 1.807) is 13.3 Å². The second kappa shape index (κ2) is 7.13. The van der Waals surface area contributed by atoms with Gasteiger partial charge in [-0.2, -0.15) is 0 Å². The molecule has 0 spiro atoms. The third-order valence-electron chi connectivity index (χ3n) is 2.57. The number of nitrogens with zero attached hydrogens (tertiary/aromatic N) is 2. The molecule has 0 bridgehead atoms. The van der Waals surface area contributed by atoms with Gasteiger partial charge < -0.3 is 20.1 Å². The Kier molecular flexibility index (Phi) is 5.80. The quantitative estimate of drug-likeness (QED) is 0.712. The third kappa shape index (κ3) is 4.46. The molecular weight excluding hydrogens is 234 g/mol. The summed E-state index contributed by atoms with van der Waals surface area (Å²) in [6.07, 6.45) is 3.67. The topological polar surface area (TPSA) is 90.4 Å². The number of rotatable bonds is 8. The number of ether oxygens (including phenoxy) is 1. The van der Waals surface area contributed by atoms with Crippen molar-refractivity contribution in [1.29, 1.82) is 0 Å². The van der Waals surface area contributed by atoms with Gasteiger partial charge in [-0.3, -0.25) is 0 Å². The van der Waals surface area contributed by atoms with E-state index in [4.69, 9.17) is 15.6 Å². The first-order valence-electron chi connectivity index (χ1n) is 6.15. The largest absolute Gasteiger partial charge is 0.479 e. The van der Waals surface area contributed by atoms with Crippen molar-refractivity contribution in [3.8, 4) is 0 Å².